The number of morpholine rings is 1. The first-order chi connectivity index (χ1) is 15.7. The van der Waals surface area contributed by atoms with Crippen molar-refractivity contribution in [3.8, 4) is 0 Å². The van der Waals surface area contributed by atoms with Crippen LogP contribution in [0.1, 0.15) is 49.0 Å². The van der Waals surface area contributed by atoms with E-state index in [9.17, 15) is 4.79 Å². The summed E-state index contributed by atoms with van der Waals surface area (Å²) in [6.07, 6.45) is 6.89. The van der Waals surface area contributed by atoms with Gasteiger partial charge in [-0.25, -0.2) is 0 Å². The highest BCUT2D eigenvalue weighted by molar-refractivity contribution is 5.94. The van der Waals surface area contributed by atoms with E-state index in [0.29, 0.717) is 6.54 Å². The van der Waals surface area contributed by atoms with Crippen LogP contribution >= 0.6 is 0 Å². The number of hydrogen-bond acceptors (Lipinski definition) is 5. The minimum Gasteiger partial charge on any atom is -0.379 e. The summed E-state index contributed by atoms with van der Waals surface area (Å²) in [6, 6.07) is 12.1. The van der Waals surface area contributed by atoms with Crippen LogP contribution in [0.4, 0.5) is 5.69 Å². The van der Waals surface area contributed by atoms with Crippen molar-refractivity contribution in [2.45, 2.75) is 39.7 Å². The summed E-state index contributed by atoms with van der Waals surface area (Å²) < 4.78 is 5.44. The zero-order valence-corrected chi connectivity index (χ0v) is 19.7. The first-order valence-corrected chi connectivity index (χ1v) is 12.0. The molecular formula is C26H38N4O2. The van der Waals surface area contributed by atoms with Crippen molar-refractivity contribution in [2.24, 2.45) is 0 Å². The lowest BCUT2D eigenvalue weighted by molar-refractivity contribution is 0.0355. The Labute approximate surface area is 193 Å². The summed E-state index contributed by atoms with van der Waals surface area (Å²) in [5, 5.41) is 0. The third-order valence-electron chi connectivity index (χ3n) is 6.06. The highest BCUT2D eigenvalue weighted by Crippen LogP contribution is 2.18. The van der Waals surface area contributed by atoms with E-state index in [0.717, 1.165) is 70.0 Å². The molecular weight excluding hydrogens is 400 g/mol. The number of aromatic nitrogens is 1. The van der Waals surface area contributed by atoms with Crippen molar-refractivity contribution in [3.63, 3.8) is 0 Å². The molecule has 0 bridgehead atoms. The van der Waals surface area contributed by atoms with Crippen molar-refractivity contribution in [1.29, 1.82) is 0 Å². The normalized spacial score (nSPS) is 14.3. The molecule has 2 aromatic rings. The fourth-order valence-corrected chi connectivity index (χ4v) is 4.09. The summed E-state index contributed by atoms with van der Waals surface area (Å²) in [5.41, 5.74) is 3.04. The first-order valence-electron chi connectivity index (χ1n) is 12.0. The van der Waals surface area contributed by atoms with Gasteiger partial charge in [0.1, 0.15) is 0 Å². The van der Waals surface area contributed by atoms with Gasteiger partial charge in [-0.1, -0.05) is 13.3 Å². The van der Waals surface area contributed by atoms with E-state index in [-0.39, 0.29) is 5.91 Å². The summed E-state index contributed by atoms with van der Waals surface area (Å²) in [4.78, 5) is 24.3. The minimum absolute atomic E-state index is 0.0898. The van der Waals surface area contributed by atoms with Gasteiger partial charge in [-0.05, 0) is 61.7 Å². The van der Waals surface area contributed by atoms with Gasteiger partial charge in [-0.15, -0.1) is 0 Å². The molecule has 1 aliphatic rings. The second kappa shape index (κ2) is 13.2. The standard InChI is InChI=1S/C26H38N4O2/c1-3-5-16-29(4-2)25-9-7-24(8-10-25)26(31)30(22-23-11-13-27-14-12-23)17-6-15-28-18-20-32-21-19-28/h7-14H,3-6,15-22H2,1-2H3. The average molecular weight is 439 g/mol. The third-order valence-corrected chi connectivity index (χ3v) is 6.06. The molecule has 3 rings (SSSR count). The molecule has 0 N–H and O–H groups in total. The molecule has 0 unspecified atom stereocenters. The molecule has 0 spiro atoms. The van der Waals surface area contributed by atoms with Gasteiger partial charge in [0.2, 0.25) is 0 Å². The molecule has 1 fully saturated rings. The summed E-state index contributed by atoms with van der Waals surface area (Å²) in [6.45, 7) is 12.3. The molecule has 32 heavy (non-hydrogen) atoms. The van der Waals surface area contributed by atoms with Crippen LogP contribution in [0.15, 0.2) is 48.8 Å². The number of carbonyl (C=O) groups is 1. The third kappa shape index (κ3) is 7.31. The van der Waals surface area contributed by atoms with Gasteiger partial charge in [-0.2, -0.15) is 0 Å². The number of rotatable bonds is 12. The van der Waals surface area contributed by atoms with E-state index in [1.807, 2.05) is 29.2 Å². The van der Waals surface area contributed by atoms with Crippen molar-refractivity contribution in [1.82, 2.24) is 14.8 Å². The number of pyridine rings is 1. The van der Waals surface area contributed by atoms with Crippen LogP contribution in [0.25, 0.3) is 0 Å². The fraction of sp³-hybridized carbons (Fsp3) is 0.538. The van der Waals surface area contributed by atoms with Gasteiger partial charge in [0.25, 0.3) is 5.91 Å². The van der Waals surface area contributed by atoms with E-state index in [1.54, 1.807) is 12.4 Å². The Balaban J connectivity index is 1.66. The molecule has 1 aromatic carbocycles. The van der Waals surface area contributed by atoms with Gasteiger partial charge in [0.15, 0.2) is 0 Å². The maximum Gasteiger partial charge on any atom is 0.254 e. The summed E-state index contributed by atoms with van der Waals surface area (Å²) in [5.74, 6) is 0.0898. The highest BCUT2D eigenvalue weighted by Gasteiger charge is 2.18. The second-order valence-corrected chi connectivity index (χ2v) is 8.37. The Hall–Kier alpha value is -2.44. The largest absolute Gasteiger partial charge is 0.379 e. The van der Waals surface area contributed by atoms with Crippen LogP contribution in [0.3, 0.4) is 0 Å². The second-order valence-electron chi connectivity index (χ2n) is 8.37. The Morgan fingerprint density at radius 3 is 2.38 bits per heavy atom. The van der Waals surface area contributed by atoms with Crippen LogP contribution in [-0.2, 0) is 11.3 Å². The van der Waals surface area contributed by atoms with E-state index in [2.05, 4.69) is 40.8 Å². The van der Waals surface area contributed by atoms with Crippen LogP contribution in [0.5, 0.6) is 0 Å². The molecule has 174 valence electrons. The molecule has 1 saturated heterocycles. The van der Waals surface area contributed by atoms with Crippen molar-refractivity contribution < 1.29 is 9.53 Å². The Morgan fingerprint density at radius 1 is 1.00 bits per heavy atom. The summed E-state index contributed by atoms with van der Waals surface area (Å²) in [7, 11) is 0. The Kier molecular flexibility index (Phi) is 9.98. The molecule has 1 aliphatic heterocycles. The fourth-order valence-electron chi connectivity index (χ4n) is 4.09. The summed E-state index contributed by atoms with van der Waals surface area (Å²) >= 11 is 0. The number of nitrogens with zero attached hydrogens (tertiary/aromatic N) is 4. The zero-order valence-electron chi connectivity index (χ0n) is 19.7. The van der Waals surface area contributed by atoms with Crippen molar-refractivity contribution in [3.05, 3.63) is 59.9 Å². The highest BCUT2D eigenvalue weighted by atomic mass is 16.5. The molecule has 1 aromatic heterocycles. The average Bonchev–Trinajstić information content (AvgIpc) is 2.85. The number of ether oxygens (including phenoxy) is 1. The lowest BCUT2D eigenvalue weighted by Gasteiger charge is -2.28. The van der Waals surface area contributed by atoms with Gasteiger partial charge in [-0.3, -0.25) is 14.7 Å². The number of carbonyl (C=O) groups excluding carboxylic acids is 1. The maximum absolute atomic E-state index is 13.4. The molecule has 6 heteroatoms. The molecule has 1 amide bonds. The van der Waals surface area contributed by atoms with Gasteiger partial charge in [0.05, 0.1) is 13.2 Å². The molecule has 0 aliphatic carbocycles. The molecule has 6 nitrogen and oxygen atoms in total. The van der Waals surface area contributed by atoms with Crippen LogP contribution in [0, 0.1) is 0 Å². The smallest absolute Gasteiger partial charge is 0.254 e. The van der Waals surface area contributed by atoms with E-state index in [1.165, 1.54) is 18.5 Å². The number of benzene rings is 1. The van der Waals surface area contributed by atoms with E-state index >= 15 is 0 Å². The lowest BCUT2D eigenvalue weighted by atomic mass is 10.1. The number of hydrogen-bond donors (Lipinski definition) is 0. The predicted molar refractivity (Wildman–Crippen MR) is 130 cm³/mol. The Morgan fingerprint density at radius 2 is 1.72 bits per heavy atom. The maximum atomic E-state index is 13.4. The number of amides is 1. The predicted octanol–water partition coefficient (Wildman–Crippen LogP) is 4.07. The molecule has 0 atom stereocenters. The first kappa shape index (κ1) is 24.2. The molecule has 0 saturated carbocycles. The Bertz CT molecular complexity index is 791. The van der Waals surface area contributed by atoms with Crippen LogP contribution < -0.4 is 4.90 Å². The van der Waals surface area contributed by atoms with Gasteiger partial charge >= 0.3 is 0 Å². The van der Waals surface area contributed by atoms with Crippen molar-refractivity contribution >= 4 is 11.6 Å². The van der Waals surface area contributed by atoms with E-state index in [4.69, 9.17) is 4.74 Å². The quantitative estimate of drug-likeness (QED) is 0.500. The minimum atomic E-state index is 0.0898. The topological polar surface area (TPSA) is 48.9 Å². The monoisotopic (exact) mass is 438 g/mol. The van der Waals surface area contributed by atoms with E-state index < -0.39 is 0 Å². The lowest BCUT2D eigenvalue weighted by Crippen LogP contribution is -2.39. The number of anilines is 1. The van der Waals surface area contributed by atoms with Crippen LogP contribution in [0.2, 0.25) is 0 Å². The van der Waals surface area contributed by atoms with Gasteiger partial charge < -0.3 is 14.5 Å². The van der Waals surface area contributed by atoms with Crippen molar-refractivity contribution in [2.75, 3.05) is 57.4 Å². The van der Waals surface area contributed by atoms with Crippen LogP contribution in [-0.4, -0.2) is 73.2 Å². The number of unbranched alkanes of at least 4 members (excludes halogenated alkanes) is 1. The molecule has 0 radical (unpaired) electrons. The zero-order chi connectivity index (χ0) is 22.6. The SMILES string of the molecule is CCCCN(CC)c1ccc(C(=O)N(CCCN2CCOCC2)Cc2ccncc2)cc1. The van der Waals surface area contributed by atoms with Gasteiger partial charge in [0, 0.05) is 69.5 Å². The molecule has 2 heterocycles.